The zero-order chi connectivity index (χ0) is 15.9. The molecule has 2 N–H and O–H groups in total. The first kappa shape index (κ1) is 16.7. The summed E-state index contributed by atoms with van der Waals surface area (Å²) < 4.78 is 31.3. The molecule has 22 heavy (non-hydrogen) atoms. The summed E-state index contributed by atoms with van der Waals surface area (Å²) in [5.41, 5.74) is 0. The minimum atomic E-state index is -0.837. The molecule has 0 aromatic heterocycles. The van der Waals surface area contributed by atoms with Gasteiger partial charge in [-0.2, -0.15) is 0 Å². The Labute approximate surface area is 128 Å². The Morgan fingerprint density at radius 1 is 1.27 bits per heavy atom. The van der Waals surface area contributed by atoms with Crippen molar-refractivity contribution in [1.82, 2.24) is 5.32 Å². The second kappa shape index (κ2) is 8.08. The van der Waals surface area contributed by atoms with Crippen molar-refractivity contribution in [1.29, 1.82) is 0 Å². The Morgan fingerprint density at radius 2 is 2.05 bits per heavy atom. The zero-order valence-electron chi connectivity index (χ0n) is 12.4. The van der Waals surface area contributed by atoms with Gasteiger partial charge in [-0.1, -0.05) is 19.3 Å². The van der Waals surface area contributed by atoms with Gasteiger partial charge in [0.2, 0.25) is 0 Å². The third kappa shape index (κ3) is 4.66. The maximum absolute atomic E-state index is 13.4. The first-order chi connectivity index (χ1) is 10.6. The van der Waals surface area contributed by atoms with E-state index in [2.05, 4.69) is 5.32 Å². The van der Waals surface area contributed by atoms with Crippen LogP contribution in [0, 0.1) is 17.6 Å². The number of benzene rings is 1. The molecule has 0 heterocycles. The van der Waals surface area contributed by atoms with E-state index in [9.17, 15) is 18.7 Å². The van der Waals surface area contributed by atoms with E-state index >= 15 is 0 Å². The fourth-order valence-corrected chi connectivity index (χ4v) is 2.78. The molecule has 1 aromatic carbocycles. The van der Waals surface area contributed by atoms with Crippen LogP contribution in [0.25, 0.3) is 0 Å². The summed E-state index contributed by atoms with van der Waals surface area (Å²) >= 11 is 0. The SMILES string of the molecule is O=C(COc1ccc(F)cc1F)NC1CCCCCC1CO. The minimum Gasteiger partial charge on any atom is -0.481 e. The Morgan fingerprint density at radius 3 is 2.77 bits per heavy atom. The fraction of sp³-hybridized carbons (Fsp3) is 0.562. The summed E-state index contributed by atoms with van der Waals surface area (Å²) in [7, 11) is 0. The second-order valence-electron chi connectivity index (χ2n) is 5.62. The van der Waals surface area contributed by atoms with Crippen molar-refractivity contribution in [2.24, 2.45) is 5.92 Å². The number of hydrogen-bond donors (Lipinski definition) is 2. The lowest BCUT2D eigenvalue weighted by molar-refractivity contribution is -0.124. The van der Waals surface area contributed by atoms with Crippen molar-refractivity contribution in [2.75, 3.05) is 13.2 Å². The monoisotopic (exact) mass is 313 g/mol. The standard InChI is InChI=1S/C16H21F2NO3/c17-12-6-7-15(13(18)8-12)22-10-16(21)19-14-5-3-1-2-4-11(14)9-20/h6-8,11,14,20H,1-5,9-10H2,(H,19,21). The largest absolute Gasteiger partial charge is 0.481 e. The van der Waals surface area contributed by atoms with Gasteiger partial charge in [-0.15, -0.1) is 0 Å². The van der Waals surface area contributed by atoms with Crippen LogP contribution in [0.5, 0.6) is 5.75 Å². The molecule has 1 saturated carbocycles. The van der Waals surface area contributed by atoms with E-state index in [4.69, 9.17) is 4.74 Å². The van der Waals surface area contributed by atoms with Crippen molar-refractivity contribution in [3.05, 3.63) is 29.8 Å². The molecule has 2 rings (SSSR count). The van der Waals surface area contributed by atoms with Crippen molar-refractivity contribution in [2.45, 2.75) is 38.1 Å². The van der Waals surface area contributed by atoms with Crippen molar-refractivity contribution in [3.8, 4) is 5.75 Å². The molecule has 0 radical (unpaired) electrons. The summed E-state index contributed by atoms with van der Waals surface area (Å²) in [6.45, 7) is -0.296. The quantitative estimate of drug-likeness (QED) is 0.821. The third-order valence-electron chi connectivity index (χ3n) is 3.99. The Kier molecular flexibility index (Phi) is 6.12. The summed E-state index contributed by atoms with van der Waals surface area (Å²) in [6.07, 6.45) is 4.86. The van der Waals surface area contributed by atoms with Crippen LogP contribution in [0.3, 0.4) is 0 Å². The van der Waals surface area contributed by atoms with Gasteiger partial charge in [0, 0.05) is 24.6 Å². The van der Waals surface area contributed by atoms with Gasteiger partial charge in [-0.3, -0.25) is 4.79 Å². The van der Waals surface area contributed by atoms with E-state index < -0.39 is 11.6 Å². The van der Waals surface area contributed by atoms with Crippen LogP contribution in [-0.2, 0) is 4.79 Å². The van der Waals surface area contributed by atoms with E-state index in [1.54, 1.807) is 0 Å². The molecule has 1 aliphatic rings. The number of amides is 1. The van der Waals surface area contributed by atoms with E-state index in [0.29, 0.717) is 6.07 Å². The van der Waals surface area contributed by atoms with Gasteiger partial charge in [0.25, 0.3) is 5.91 Å². The lowest BCUT2D eigenvalue weighted by Crippen LogP contribution is -2.43. The van der Waals surface area contributed by atoms with Crippen LogP contribution >= 0.6 is 0 Å². The van der Waals surface area contributed by atoms with Gasteiger partial charge >= 0.3 is 0 Å². The highest BCUT2D eigenvalue weighted by Crippen LogP contribution is 2.23. The first-order valence-electron chi connectivity index (χ1n) is 7.58. The molecule has 122 valence electrons. The molecule has 0 bridgehead atoms. The van der Waals surface area contributed by atoms with Crippen LogP contribution in [0.4, 0.5) is 8.78 Å². The average molecular weight is 313 g/mol. The number of nitrogens with one attached hydrogen (secondary N) is 1. The molecule has 1 aromatic rings. The topological polar surface area (TPSA) is 58.6 Å². The normalized spacial score (nSPS) is 22.0. The van der Waals surface area contributed by atoms with Crippen LogP contribution < -0.4 is 10.1 Å². The predicted molar refractivity (Wildman–Crippen MR) is 77.4 cm³/mol. The fourth-order valence-electron chi connectivity index (χ4n) is 2.78. The van der Waals surface area contributed by atoms with Crippen molar-refractivity contribution in [3.63, 3.8) is 0 Å². The number of halogens is 2. The molecule has 0 spiro atoms. The van der Waals surface area contributed by atoms with E-state index in [1.165, 1.54) is 0 Å². The molecule has 2 atom stereocenters. The number of carbonyl (C=O) groups is 1. The van der Waals surface area contributed by atoms with Gasteiger partial charge in [0.15, 0.2) is 18.2 Å². The molecule has 6 heteroatoms. The van der Waals surface area contributed by atoms with E-state index in [-0.39, 0.29) is 36.8 Å². The molecule has 1 aliphatic carbocycles. The molecule has 4 nitrogen and oxygen atoms in total. The maximum Gasteiger partial charge on any atom is 0.258 e. The molecule has 0 saturated heterocycles. The van der Waals surface area contributed by atoms with Gasteiger partial charge in [-0.05, 0) is 25.0 Å². The van der Waals surface area contributed by atoms with E-state index in [0.717, 1.165) is 44.2 Å². The number of ether oxygens (including phenoxy) is 1. The molecule has 2 unspecified atom stereocenters. The third-order valence-corrected chi connectivity index (χ3v) is 3.99. The Hall–Kier alpha value is -1.69. The molecular weight excluding hydrogens is 292 g/mol. The predicted octanol–water partition coefficient (Wildman–Crippen LogP) is 2.40. The Balaban J connectivity index is 1.86. The Bertz CT molecular complexity index is 510. The number of aliphatic hydroxyl groups is 1. The average Bonchev–Trinajstić information content (AvgIpc) is 2.71. The smallest absolute Gasteiger partial charge is 0.258 e. The maximum atomic E-state index is 13.4. The highest BCUT2D eigenvalue weighted by atomic mass is 19.1. The van der Waals surface area contributed by atoms with Crippen molar-refractivity contribution >= 4 is 5.91 Å². The summed E-state index contributed by atoms with van der Waals surface area (Å²) in [4.78, 5) is 11.9. The van der Waals surface area contributed by atoms with Gasteiger partial charge in [0.05, 0.1) is 0 Å². The van der Waals surface area contributed by atoms with Crippen LogP contribution in [0.1, 0.15) is 32.1 Å². The summed E-state index contributed by atoms with van der Waals surface area (Å²) in [5.74, 6) is -2.01. The van der Waals surface area contributed by atoms with Crippen LogP contribution in [0.2, 0.25) is 0 Å². The van der Waals surface area contributed by atoms with E-state index in [1.807, 2.05) is 0 Å². The number of hydrogen-bond acceptors (Lipinski definition) is 3. The summed E-state index contributed by atoms with van der Waals surface area (Å²) in [6, 6.07) is 2.85. The number of rotatable bonds is 5. The molecule has 0 aliphatic heterocycles. The van der Waals surface area contributed by atoms with Crippen LogP contribution in [-0.4, -0.2) is 30.3 Å². The second-order valence-corrected chi connectivity index (χ2v) is 5.62. The lowest BCUT2D eigenvalue weighted by atomic mass is 9.95. The molecule has 1 fully saturated rings. The summed E-state index contributed by atoms with van der Waals surface area (Å²) in [5, 5.41) is 12.2. The van der Waals surface area contributed by atoms with Crippen molar-refractivity contribution < 1.29 is 23.4 Å². The van der Waals surface area contributed by atoms with Gasteiger partial charge < -0.3 is 15.2 Å². The number of aliphatic hydroxyl groups excluding tert-OH is 1. The highest BCUT2D eigenvalue weighted by molar-refractivity contribution is 5.77. The minimum absolute atomic E-state index is 0.0401. The lowest BCUT2D eigenvalue weighted by Gasteiger charge is -2.24. The first-order valence-corrected chi connectivity index (χ1v) is 7.58. The van der Waals surface area contributed by atoms with Gasteiger partial charge in [-0.25, -0.2) is 8.78 Å². The van der Waals surface area contributed by atoms with Crippen LogP contribution in [0.15, 0.2) is 18.2 Å². The zero-order valence-corrected chi connectivity index (χ0v) is 12.4. The number of carbonyl (C=O) groups excluding carboxylic acids is 1. The molecule has 1 amide bonds. The highest BCUT2D eigenvalue weighted by Gasteiger charge is 2.24. The molecular formula is C16H21F2NO3. The van der Waals surface area contributed by atoms with Gasteiger partial charge in [0.1, 0.15) is 5.82 Å².